The number of nitrogens with zero attached hydrogens (tertiary/aromatic N) is 1. The number of unbranched alkanes of at least 4 members (excludes halogenated alkanes) is 1. The van der Waals surface area contributed by atoms with Gasteiger partial charge in [-0.05, 0) is 30.9 Å². The number of carbonyl (C=O) groups is 1. The van der Waals surface area contributed by atoms with Crippen molar-refractivity contribution in [2.45, 2.75) is 70.3 Å². The maximum absolute atomic E-state index is 12.6. The molecule has 0 bridgehead atoms. The van der Waals surface area contributed by atoms with Gasteiger partial charge < -0.3 is 4.90 Å². The van der Waals surface area contributed by atoms with Gasteiger partial charge in [0.25, 0.3) is 0 Å². The van der Waals surface area contributed by atoms with Crippen LogP contribution in [0.1, 0.15) is 52.9 Å². The maximum atomic E-state index is 12.6. The molecule has 1 N–H and O–H groups in total. The van der Waals surface area contributed by atoms with E-state index in [1.165, 1.54) is 18.6 Å². The summed E-state index contributed by atoms with van der Waals surface area (Å²) in [6.45, 7) is 7.55. The van der Waals surface area contributed by atoms with E-state index in [9.17, 15) is 4.79 Å². The number of thioether (sulfide) groups is 1. The second kappa shape index (κ2) is 6.98. The average molecular weight is 284 g/mol. The SMILES string of the molecule is CCCCC1NC(C(C)C)N(CC2CCCS2)C1=O. The largest absolute Gasteiger partial charge is 0.324 e. The number of amides is 1. The molecule has 3 atom stereocenters. The van der Waals surface area contributed by atoms with Crippen LogP contribution in [0.5, 0.6) is 0 Å². The van der Waals surface area contributed by atoms with Gasteiger partial charge in [-0.15, -0.1) is 0 Å². The number of nitrogens with one attached hydrogen (secondary N) is 1. The molecule has 2 saturated heterocycles. The first kappa shape index (κ1) is 15.2. The van der Waals surface area contributed by atoms with Gasteiger partial charge in [-0.1, -0.05) is 33.6 Å². The molecule has 0 aromatic rings. The first-order chi connectivity index (χ1) is 9.13. The Morgan fingerprint density at radius 3 is 2.84 bits per heavy atom. The van der Waals surface area contributed by atoms with Crippen LogP contribution >= 0.6 is 11.8 Å². The zero-order valence-corrected chi connectivity index (χ0v) is 13.3. The van der Waals surface area contributed by atoms with Crippen LogP contribution < -0.4 is 5.32 Å². The molecule has 3 nitrogen and oxygen atoms in total. The van der Waals surface area contributed by atoms with Crippen LogP contribution in [0, 0.1) is 5.92 Å². The van der Waals surface area contributed by atoms with Crippen molar-refractivity contribution in [1.82, 2.24) is 10.2 Å². The number of hydrogen-bond donors (Lipinski definition) is 1. The van der Waals surface area contributed by atoms with Gasteiger partial charge in [-0.3, -0.25) is 10.1 Å². The molecule has 2 aliphatic heterocycles. The second-order valence-corrected chi connectivity index (χ2v) is 7.58. The van der Waals surface area contributed by atoms with Crippen LogP contribution in [0.25, 0.3) is 0 Å². The van der Waals surface area contributed by atoms with Crippen LogP contribution in [0.4, 0.5) is 0 Å². The van der Waals surface area contributed by atoms with Crippen molar-refractivity contribution >= 4 is 17.7 Å². The van der Waals surface area contributed by atoms with E-state index >= 15 is 0 Å². The number of carbonyl (C=O) groups excluding carboxylic acids is 1. The highest BCUT2D eigenvalue weighted by molar-refractivity contribution is 8.00. The molecule has 2 rings (SSSR count). The quantitative estimate of drug-likeness (QED) is 0.814. The fraction of sp³-hybridized carbons (Fsp3) is 0.933. The molecule has 3 unspecified atom stereocenters. The van der Waals surface area contributed by atoms with Crippen molar-refractivity contribution in [3.8, 4) is 0 Å². The summed E-state index contributed by atoms with van der Waals surface area (Å²) in [4.78, 5) is 14.7. The molecule has 19 heavy (non-hydrogen) atoms. The first-order valence-electron chi connectivity index (χ1n) is 7.81. The molecule has 0 aromatic heterocycles. The molecule has 0 radical (unpaired) electrons. The zero-order valence-electron chi connectivity index (χ0n) is 12.5. The van der Waals surface area contributed by atoms with Crippen molar-refractivity contribution in [2.24, 2.45) is 5.92 Å². The highest BCUT2D eigenvalue weighted by Gasteiger charge is 2.40. The molecule has 4 heteroatoms. The predicted octanol–water partition coefficient (Wildman–Crippen LogP) is 2.85. The minimum absolute atomic E-state index is 0.0683. The minimum Gasteiger partial charge on any atom is -0.324 e. The third-order valence-electron chi connectivity index (χ3n) is 4.19. The summed E-state index contributed by atoms with van der Waals surface area (Å²) in [5.74, 6) is 2.10. The molecule has 0 aliphatic carbocycles. The molecular formula is C15H28N2OS. The Morgan fingerprint density at radius 1 is 1.47 bits per heavy atom. The normalized spacial score (nSPS) is 31.7. The molecule has 0 spiro atoms. The van der Waals surface area contributed by atoms with Crippen molar-refractivity contribution in [2.75, 3.05) is 12.3 Å². The molecule has 1 amide bonds. The Hall–Kier alpha value is -0.220. The summed E-state index contributed by atoms with van der Waals surface area (Å²) < 4.78 is 0. The minimum atomic E-state index is 0.0683. The fourth-order valence-corrected chi connectivity index (χ4v) is 4.35. The standard InChI is InChI=1S/C15H28N2OS/c1-4-5-8-13-15(18)17(14(16-13)11(2)3)10-12-7-6-9-19-12/h11-14,16H,4-10H2,1-3H3. The van der Waals surface area contributed by atoms with Gasteiger partial charge in [0.1, 0.15) is 0 Å². The lowest BCUT2D eigenvalue weighted by atomic mass is 10.1. The van der Waals surface area contributed by atoms with Gasteiger partial charge in [0.05, 0.1) is 12.2 Å². The summed E-state index contributed by atoms with van der Waals surface area (Å²) in [5, 5.41) is 4.23. The van der Waals surface area contributed by atoms with E-state index in [0.29, 0.717) is 17.1 Å². The summed E-state index contributed by atoms with van der Waals surface area (Å²) in [6, 6.07) is 0.0683. The van der Waals surface area contributed by atoms with Crippen molar-refractivity contribution in [3.05, 3.63) is 0 Å². The summed E-state index contributed by atoms with van der Waals surface area (Å²) >= 11 is 2.04. The Labute approximate surface area is 121 Å². The van der Waals surface area contributed by atoms with Gasteiger partial charge in [0, 0.05) is 11.8 Å². The zero-order chi connectivity index (χ0) is 13.8. The van der Waals surface area contributed by atoms with Gasteiger partial charge in [-0.2, -0.15) is 11.8 Å². The Morgan fingerprint density at radius 2 is 2.26 bits per heavy atom. The number of rotatable bonds is 6. The van der Waals surface area contributed by atoms with E-state index in [0.717, 1.165) is 25.8 Å². The topological polar surface area (TPSA) is 32.3 Å². The fourth-order valence-electron chi connectivity index (χ4n) is 3.08. The Kier molecular flexibility index (Phi) is 5.58. The molecule has 2 aliphatic rings. The van der Waals surface area contributed by atoms with E-state index in [2.05, 4.69) is 31.0 Å². The predicted molar refractivity (Wildman–Crippen MR) is 82.3 cm³/mol. The highest BCUT2D eigenvalue weighted by Crippen LogP contribution is 2.29. The van der Waals surface area contributed by atoms with Gasteiger partial charge >= 0.3 is 0 Å². The smallest absolute Gasteiger partial charge is 0.241 e. The van der Waals surface area contributed by atoms with Crippen molar-refractivity contribution in [1.29, 1.82) is 0 Å². The van der Waals surface area contributed by atoms with Gasteiger partial charge in [0.15, 0.2) is 0 Å². The highest BCUT2D eigenvalue weighted by atomic mass is 32.2. The summed E-state index contributed by atoms with van der Waals surface area (Å²) in [6.07, 6.45) is 6.13. The molecule has 110 valence electrons. The lowest BCUT2D eigenvalue weighted by Gasteiger charge is -2.29. The van der Waals surface area contributed by atoms with Crippen LogP contribution in [-0.2, 0) is 4.79 Å². The van der Waals surface area contributed by atoms with Gasteiger partial charge in [0.2, 0.25) is 5.91 Å². The molecular weight excluding hydrogens is 256 g/mol. The van der Waals surface area contributed by atoms with E-state index in [-0.39, 0.29) is 12.2 Å². The molecule has 2 heterocycles. The van der Waals surface area contributed by atoms with Crippen LogP contribution in [0.15, 0.2) is 0 Å². The third-order valence-corrected chi connectivity index (χ3v) is 5.57. The first-order valence-corrected chi connectivity index (χ1v) is 8.86. The van der Waals surface area contributed by atoms with E-state index in [1.54, 1.807) is 0 Å². The summed E-state index contributed by atoms with van der Waals surface area (Å²) in [5.41, 5.74) is 0. The molecule has 0 aromatic carbocycles. The van der Waals surface area contributed by atoms with Crippen molar-refractivity contribution in [3.63, 3.8) is 0 Å². The number of hydrogen-bond acceptors (Lipinski definition) is 3. The molecule has 2 fully saturated rings. The average Bonchev–Trinajstić information content (AvgIpc) is 2.98. The van der Waals surface area contributed by atoms with E-state index < -0.39 is 0 Å². The van der Waals surface area contributed by atoms with E-state index in [4.69, 9.17) is 0 Å². The van der Waals surface area contributed by atoms with Crippen LogP contribution in [0.3, 0.4) is 0 Å². The third kappa shape index (κ3) is 3.66. The van der Waals surface area contributed by atoms with E-state index in [1.807, 2.05) is 11.8 Å². The van der Waals surface area contributed by atoms with Crippen LogP contribution in [-0.4, -0.2) is 40.6 Å². The lowest BCUT2D eigenvalue weighted by molar-refractivity contribution is -0.130. The monoisotopic (exact) mass is 284 g/mol. The van der Waals surface area contributed by atoms with Crippen molar-refractivity contribution < 1.29 is 4.79 Å². The maximum Gasteiger partial charge on any atom is 0.241 e. The Bertz CT molecular complexity index is 303. The van der Waals surface area contributed by atoms with Gasteiger partial charge in [-0.25, -0.2) is 0 Å². The molecule has 0 saturated carbocycles. The Balaban J connectivity index is 1.98. The second-order valence-electron chi connectivity index (χ2n) is 6.18. The lowest BCUT2D eigenvalue weighted by Crippen LogP contribution is -2.44. The van der Waals surface area contributed by atoms with Crippen LogP contribution in [0.2, 0.25) is 0 Å². The summed E-state index contributed by atoms with van der Waals surface area (Å²) in [7, 11) is 0.